The number of nitrogens with zero attached hydrogens (tertiary/aromatic N) is 3. The molecule has 1 N–H and O–H groups in total. The number of ketones is 1. The van der Waals surface area contributed by atoms with Gasteiger partial charge in [0.2, 0.25) is 0 Å². The van der Waals surface area contributed by atoms with Crippen LogP contribution in [-0.2, 0) is 0 Å². The van der Waals surface area contributed by atoms with Gasteiger partial charge in [-0.1, -0.05) is 11.6 Å². The highest BCUT2D eigenvalue weighted by Crippen LogP contribution is 2.28. The van der Waals surface area contributed by atoms with Crippen molar-refractivity contribution in [2.45, 2.75) is 6.92 Å². The smallest absolute Gasteiger partial charge is 0.199 e. The summed E-state index contributed by atoms with van der Waals surface area (Å²) in [4.78, 5) is 17.1. The van der Waals surface area contributed by atoms with Crippen LogP contribution in [-0.4, -0.2) is 32.6 Å². The van der Waals surface area contributed by atoms with E-state index in [2.05, 4.69) is 10.1 Å². The maximum absolute atomic E-state index is 12.8. The lowest BCUT2D eigenvalue weighted by Crippen LogP contribution is -2.05. The van der Waals surface area contributed by atoms with Gasteiger partial charge in [0, 0.05) is 29.0 Å². The van der Waals surface area contributed by atoms with Crippen LogP contribution in [0.3, 0.4) is 0 Å². The minimum absolute atomic E-state index is 0.119. The second kappa shape index (κ2) is 6.98. The summed E-state index contributed by atoms with van der Waals surface area (Å²) < 4.78 is 6.71. The van der Waals surface area contributed by atoms with E-state index in [1.807, 2.05) is 30.3 Å². The molecule has 2 heterocycles. The van der Waals surface area contributed by atoms with Crippen molar-refractivity contribution >= 4 is 23.0 Å². The number of aromatic nitrogens is 3. The molecule has 4 rings (SSSR count). The van der Waals surface area contributed by atoms with E-state index in [1.54, 1.807) is 24.7 Å². The van der Waals surface area contributed by atoms with Crippen molar-refractivity contribution in [3.05, 3.63) is 76.6 Å². The van der Waals surface area contributed by atoms with Crippen LogP contribution in [0.2, 0.25) is 5.02 Å². The number of carbonyl (C=O) groups is 1. The van der Waals surface area contributed by atoms with Gasteiger partial charge in [-0.25, -0.2) is 9.50 Å². The number of aromatic hydroxyl groups is 1. The number of halogens is 1. The van der Waals surface area contributed by atoms with Crippen molar-refractivity contribution in [3.63, 3.8) is 0 Å². The van der Waals surface area contributed by atoms with Crippen molar-refractivity contribution in [1.29, 1.82) is 0 Å². The van der Waals surface area contributed by atoms with E-state index >= 15 is 0 Å². The molecule has 0 saturated heterocycles. The molecule has 2 aromatic carbocycles. The standard InChI is InChI=1S/C21H16ClN3O3/c1-12-7-19(26)16(8-17(12)22)21(27)14-10-23-20-9-18(24-25(20)11-14)13-3-5-15(28-2)6-4-13/h3-11,26H,1-2H3. The van der Waals surface area contributed by atoms with Crippen LogP contribution < -0.4 is 4.74 Å². The van der Waals surface area contributed by atoms with Gasteiger partial charge in [-0.05, 0) is 48.9 Å². The van der Waals surface area contributed by atoms with E-state index in [0.717, 1.165) is 17.0 Å². The molecule has 0 radical (unpaired) electrons. The fourth-order valence-corrected chi connectivity index (χ4v) is 3.06. The highest BCUT2D eigenvalue weighted by atomic mass is 35.5. The monoisotopic (exact) mass is 393 g/mol. The molecule has 0 aliphatic heterocycles. The van der Waals surface area contributed by atoms with E-state index < -0.39 is 0 Å². The summed E-state index contributed by atoms with van der Waals surface area (Å²) in [5.41, 5.74) is 3.35. The quantitative estimate of drug-likeness (QED) is 0.523. The summed E-state index contributed by atoms with van der Waals surface area (Å²) in [5.74, 6) is 0.261. The second-order valence-corrected chi connectivity index (χ2v) is 6.76. The van der Waals surface area contributed by atoms with Gasteiger partial charge in [0.25, 0.3) is 0 Å². The Bertz CT molecular complexity index is 1200. The van der Waals surface area contributed by atoms with Gasteiger partial charge in [-0.15, -0.1) is 0 Å². The van der Waals surface area contributed by atoms with Crippen LogP contribution in [0, 0.1) is 6.92 Å². The van der Waals surface area contributed by atoms with Gasteiger partial charge in [0.05, 0.1) is 23.9 Å². The lowest BCUT2D eigenvalue weighted by atomic mass is 10.0. The maximum Gasteiger partial charge on any atom is 0.199 e. The van der Waals surface area contributed by atoms with Crippen molar-refractivity contribution in [2.24, 2.45) is 0 Å². The molecule has 0 aliphatic rings. The molecule has 0 atom stereocenters. The first kappa shape index (κ1) is 18.0. The summed E-state index contributed by atoms with van der Waals surface area (Å²) in [6.07, 6.45) is 3.05. The molecule has 0 spiro atoms. The normalized spacial score (nSPS) is 11.0. The van der Waals surface area contributed by atoms with Gasteiger partial charge >= 0.3 is 0 Å². The summed E-state index contributed by atoms with van der Waals surface area (Å²) in [7, 11) is 1.61. The molecule has 28 heavy (non-hydrogen) atoms. The number of ether oxygens (including phenoxy) is 1. The van der Waals surface area contributed by atoms with Crippen LogP contribution >= 0.6 is 11.6 Å². The number of phenolic OH excluding ortho intramolecular Hbond substituents is 1. The number of fused-ring (bicyclic) bond motifs is 1. The number of hydrogen-bond donors (Lipinski definition) is 1. The van der Waals surface area contributed by atoms with E-state index in [9.17, 15) is 9.90 Å². The largest absolute Gasteiger partial charge is 0.507 e. The van der Waals surface area contributed by atoms with Gasteiger partial charge in [-0.2, -0.15) is 5.10 Å². The Hall–Kier alpha value is -3.38. The lowest BCUT2D eigenvalue weighted by Gasteiger charge is -2.07. The maximum atomic E-state index is 12.8. The van der Waals surface area contributed by atoms with Crippen molar-refractivity contribution < 1.29 is 14.6 Å². The first-order valence-electron chi connectivity index (χ1n) is 8.50. The summed E-state index contributed by atoms with van der Waals surface area (Å²) in [5, 5.41) is 15.0. The third-order valence-electron chi connectivity index (χ3n) is 4.48. The minimum atomic E-state index is -0.379. The van der Waals surface area contributed by atoms with E-state index in [1.165, 1.54) is 18.3 Å². The Morgan fingerprint density at radius 3 is 2.64 bits per heavy atom. The molecule has 0 fully saturated rings. The summed E-state index contributed by atoms with van der Waals surface area (Å²) in [6.45, 7) is 1.76. The molecular weight excluding hydrogens is 378 g/mol. The SMILES string of the molecule is COc1ccc(-c2cc3ncc(C(=O)c4cc(Cl)c(C)cc4O)cn3n2)cc1. The molecule has 0 aliphatic carbocycles. The summed E-state index contributed by atoms with van der Waals surface area (Å²) in [6, 6.07) is 12.3. The molecule has 0 unspecified atom stereocenters. The Morgan fingerprint density at radius 1 is 1.18 bits per heavy atom. The number of aryl methyl sites for hydroxylation is 1. The lowest BCUT2D eigenvalue weighted by molar-refractivity contribution is 0.103. The highest BCUT2D eigenvalue weighted by Gasteiger charge is 2.17. The minimum Gasteiger partial charge on any atom is -0.507 e. The Kier molecular flexibility index (Phi) is 4.49. The van der Waals surface area contributed by atoms with Crippen molar-refractivity contribution in [2.75, 3.05) is 7.11 Å². The zero-order chi connectivity index (χ0) is 19.8. The molecule has 2 aromatic heterocycles. The fraction of sp³-hybridized carbons (Fsp3) is 0.0952. The molecule has 0 bridgehead atoms. The van der Waals surface area contributed by atoms with Crippen molar-refractivity contribution in [3.8, 4) is 22.8 Å². The van der Waals surface area contributed by atoms with Gasteiger partial charge in [0.15, 0.2) is 11.4 Å². The van der Waals surface area contributed by atoms with Gasteiger partial charge < -0.3 is 9.84 Å². The Balaban J connectivity index is 1.71. The molecular formula is C21H16ClN3O3. The predicted octanol–water partition coefficient (Wildman–Crippen LogP) is 4.30. The third-order valence-corrected chi connectivity index (χ3v) is 4.89. The number of methoxy groups -OCH3 is 1. The Labute approximate surface area is 166 Å². The number of phenols is 1. The molecule has 140 valence electrons. The number of carbonyl (C=O) groups excluding carboxylic acids is 1. The molecule has 0 amide bonds. The van der Waals surface area contributed by atoms with Crippen LogP contribution in [0.5, 0.6) is 11.5 Å². The molecule has 4 aromatic rings. The third kappa shape index (κ3) is 3.18. The average Bonchev–Trinajstić information content (AvgIpc) is 3.13. The summed E-state index contributed by atoms with van der Waals surface area (Å²) >= 11 is 6.10. The zero-order valence-corrected chi connectivity index (χ0v) is 15.9. The highest BCUT2D eigenvalue weighted by molar-refractivity contribution is 6.32. The van der Waals surface area contributed by atoms with E-state index in [0.29, 0.717) is 21.8 Å². The number of benzene rings is 2. The second-order valence-electron chi connectivity index (χ2n) is 6.35. The first-order chi connectivity index (χ1) is 13.5. The van der Waals surface area contributed by atoms with Gasteiger partial charge in [-0.3, -0.25) is 4.79 Å². The van der Waals surface area contributed by atoms with E-state index in [4.69, 9.17) is 16.3 Å². The van der Waals surface area contributed by atoms with E-state index in [-0.39, 0.29) is 17.1 Å². The van der Waals surface area contributed by atoms with Crippen LogP contribution in [0.4, 0.5) is 0 Å². The topological polar surface area (TPSA) is 76.7 Å². The predicted molar refractivity (Wildman–Crippen MR) is 106 cm³/mol. The Morgan fingerprint density at radius 2 is 1.93 bits per heavy atom. The number of rotatable bonds is 4. The van der Waals surface area contributed by atoms with Crippen LogP contribution in [0.1, 0.15) is 21.5 Å². The number of hydrogen-bond acceptors (Lipinski definition) is 5. The van der Waals surface area contributed by atoms with Crippen molar-refractivity contribution in [1.82, 2.24) is 14.6 Å². The molecule has 0 saturated carbocycles. The zero-order valence-electron chi connectivity index (χ0n) is 15.2. The first-order valence-corrected chi connectivity index (χ1v) is 8.88. The van der Waals surface area contributed by atoms with Crippen LogP contribution in [0.15, 0.2) is 54.9 Å². The molecule has 6 nitrogen and oxygen atoms in total. The van der Waals surface area contributed by atoms with Crippen LogP contribution in [0.25, 0.3) is 16.9 Å². The molecule has 7 heteroatoms. The van der Waals surface area contributed by atoms with Gasteiger partial charge in [0.1, 0.15) is 11.5 Å². The average molecular weight is 394 g/mol. The fourth-order valence-electron chi connectivity index (χ4n) is 2.90.